The maximum absolute atomic E-state index is 5.78. The molecule has 0 bridgehead atoms. The molecule has 0 aromatic carbocycles. The Morgan fingerprint density at radius 1 is 1.62 bits per heavy atom. The molecule has 1 aliphatic rings. The molecule has 1 heterocycles. The molecule has 0 aromatic rings. The van der Waals surface area contributed by atoms with E-state index >= 15 is 0 Å². The van der Waals surface area contributed by atoms with E-state index in [1.165, 1.54) is 0 Å². The maximum atomic E-state index is 5.78. The van der Waals surface area contributed by atoms with Gasteiger partial charge in [0.15, 0.2) is 0 Å². The lowest BCUT2D eigenvalue weighted by Gasteiger charge is -2.24. The molecule has 0 saturated carbocycles. The van der Waals surface area contributed by atoms with Gasteiger partial charge >= 0.3 is 0 Å². The van der Waals surface area contributed by atoms with E-state index < -0.39 is 0 Å². The van der Waals surface area contributed by atoms with Gasteiger partial charge in [0.2, 0.25) is 0 Å². The van der Waals surface area contributed by atoms with E-state index in [0.717, 1.165) is 39.1 Å². The molecule has 0 amide bonds. The van der Waals surface area contributed by atoms with Crippen LogP contribution in [0.3, 0.4) is 0 Å². The van der Waals surface area contributed by atoms with Crippen molar-refractivity contribution in [3.05, 3.63) is 0 Å². The number of hydrogen-bond donors (Lipinski definition) is 1. The second-order valence-corrected chi connectivity index (χ2v) is 3.99. The molecule has 1 rings (SSSR count). The molecule has 1 aliphatic heterocycles. The van der Waals surface area contributed by atoms with Crippen LogP contribution in [0.4, 0.5) is 0 Å². The fraction of sp³-hybridized carbons (Fsp3) is 1.00. The van der Waals surface area contributed by atoms with Gasteiger partial charge in [0, 0.05) is 32.3 Å². The fourth-order valence-corrected chi connectivity index (χ4v) is 1.79. The number of hydrogen-bond acceptors (Lipinski definition) is 3. The van der Waals surface area contributed by atoms with Gasteiger partial charge in [-0.1, -0.05) is 6.92 Å². The molecule has 2 atom stereocenters. The molecule has 0 radical (unpaired) electrons. The molecule has 3 nitrogen and oxygen atoms in total. The van der Waals surface area contributed by atoms with Crippen LogP contribution in [0.5, 0.6) is 0 Å². The van der Waals surface area contributed by atoms with Crippen LogP contribution in [0, 0.1) is 0 Å². The van der Waals surface area contributed by atoms with Crippen LogP contribution in [0.2, 0.25) is 0 Å². The highest BCUT2D eigenvalue weighted by Gasteiger charge is 2.17. The van der Waals surface area contributed by atoms with Gasteiger partial charge in [0.25, 0.3) is 0 Å². The van der Waals surface area contributed by atoms with Crippen molar-refractivity contribution in [3.63, 3.8) is 0 Å². The normalized spacial score (nSPS) is 28.4. The Labute approximate surface area is 81.2 Å². The molecule has 78 valence electrons. The zero-order chi connectivity index (χ0) is 9.68. The lowest BCUT2D eigenvalue weighted by Crippen LogP contribution is -2.39. The standard InChI is InChI=1S/C10H22N2O/c1-3-10-8-12(7-9(2)11)5-4-6-13-10/h9-10H,3-8,11H2,1-2H3/t9-,10?/m0/s1. The summed E-state index contributed by atoms with van der Waals surface area (Å²) in [5.41, 5.74) is 5.78. The summed E-state index contributed by atoms with van der Waals surface area (Å²) in [7, 11) is 0. The van der Waals surface area contributed by atoms with E-state index in [-0.39, 0.29) is 6.04 Å². The Bertz CT molecular complexity index is 139. The Kier molecular flexibility index (Phi) is 4.70. The second kappa shape index (κ2) is 5.58. The zero-order valence-corrected chi connectivity index (χ0v) is 8.83. The number of ether oxygens (including phenoxy) is 1. The summed E-state index contributed by atoms with van der Waals surface area (Å²) in [6.07, 6.45) is 2.67. The van der Waals surface area contributed by atoms with Crippen LogP contribution in [0.15, 0.2) is 0 Å². The second-order valence-electron chi connectivity index (χ2n) is 3.99. The highest BCUT2D eigenvalue weighted by Crippen LogP contribution is 2.08. The molecule has 0 aromatic heterocycles. The van der Waals surface area contributed by atoms with Gasteiger partial charge in [-0.25, -0.2) is 0 Å². The monoisotopic (exact) mass is 186 g/mol. The lowest BCUT2D eigenvalue weighted by atomic mass is 10.2. The highest BCUT2D eigenvalue weighted by atomic mass is 16.5. The first-order valence-electron chi connectivity index (χ1n) is 5.32. The zero-order valence-electron chi connectivity index (χ0n) is 8.83. The summed E-state index contributed by atoms with van der Waals surface area (Å²) >= 11 is 0. The topological polar surface area (TPSA) is 38.5 Å². The van der Waals surface area contributed by atoms with Crippen molar-refractivity contribution in [2.24, 2.45) is 5.73 Å². The highest BCUT2D eigenvalue weighted by molar-refractivity contribution is 4.71. The van der Waals surface area contributed by atoms with E-state index in [0.29, 0.717) is 6.10 Å². The molecule has 0 spiro atoms. The Morgan fingerprint density at radius 3 is 3.00 bits per heavy atom. The van der Waals surface area contributed by atoms with Crippen molar-refractivity contribution in [1.29, 1.82) is 0 Å². The molecule has 13 heavy (non-hydrogen) atoms. The van der Waals surface area contributed by atoms with Crippen molar-refractivity contribution in [3.8, 4) is 0 Å². The minimum absolute atomic E-state index is 0.274. The van der Waals surface area contributed by atoms with Gasteiger partial charge in [-0.05, 0) is 19.8 Å². The number of nitrogens with two attached hydrogens (primary N) is 1. The first-order chi connectivity index (χ1) is 6.22. The van der Waals surface area contributed by atoms with Crippen LogP contribution in [0.1, 0.15) is 26.7 Å². The molecule has 1 unspecified atom stereocenters. The average molecular weight is 186 g/mol. The van der Waals surface area contributed by atoms with E-state index in [2.05, 4.69) is 18.7 Å². The average Bonchev–Trinajstić information content (AvgIpc) is 2.28. The van der Waals surface area contributed by atoms with Crippen molar-refractivity contribution >= 4 is 0 Å². The molecule has 3 heteroatoms. The number of rotatable bonds is 3. The molecule has 1 fully saturated rings. The van der Waals surface area contributed by atoms with Crippen molar-refractivity contribution in [1.82, 2.24) is 4.90 Å². The van der Waals surface area contributed by atoms with Crippen LogP contribution < -0.4 is 5.73 Å². The lowest BCUT2D eigenvalue weighted by molar-refractivity contribution is 0.0515. The third kappa shape index (κ3) is 4.07. The summed E-state index contributed by atoms with van der Waals surface area (Å²) < 4.78 is 5.68. The third-order valence-electron chi connectivity index (χ3n) is 2.44. The van der Waals surface area contributed by atoms with E-state index in [1.54, 1.807) is 0 Å². The molecular formula is C10H22N2O. The molecule has 1 saturated heterocycles. The SMILES string of the molecule is CCC1CN(C[C@H](C)N)CCCO1. The Balaban J connectivity index is 2.35. The van der Waals surface area contributed by atoms with Gasteiger partial charge in [-0.3, -0.25) is 4.90 Å². The van der Waals surface area contributed by atoms with Gasteiger partial charge in [-0.2, -0.15) is 0 Å². The quantitative estimate of drug-likeness (QED) is 0.709. The predicted molar refractivity (Wildman–Crippen MR) is 54.7 cm³/mol. The first kappa shape index (κ1) is 11.0. The van der Waals surface area contributed by atoms with Gasteiger partial charge < -0.3 is 10.5 Å². The van der Waals surface area contributed by atoms with Crippen molar-refractivity contribution in [2.75, 3.05) is 26.2 Å². The summed E-state index contributed by atoms with van der Waals surface area (Å²) in [6, 6.07) is 0.274. The minimum Gasteiger partial charge on any atom is -0.377 e. The summed E-state index contributed by atoms with van der Waals surface area (Å²) in [6.45, 7) is 8.34. The van der Waals surface area contributed by atoms with Gasteiger partial charge in [-0.15, -0.1) is 0 Å². The molecule has 2 N–H and O–H groups in total. The molecule has 0 aliphatic carbocycles. The van der Waals surface area contributed by atoms with Crippen LogP contribution >= 0.6 is 0 Å². The number of nitrogens with zero attached hydrogens (tertiary/aromatic N) is 1. The minimum atomic E-state index is 0.274. The van der Waals surface area contributed by atoms with Crippen molar-refractivity contribution in [2.45, 2.75) is 38.8 Å². The van der Waals surface area contributed by atoms with E-state index in [1.807, 2.05) is 0 Å². The summed E-state index contributed by atoms with van der Waals surface area (Å²) in [4.78, 5) is 2.42. The van der Waals surface area contributed by atoms with Crippen LogP contribution in [-0.2, 0) is 4.74 Å². The van der Waals surface area contributed by atoms with Crippen molar-refractivity contribution < 1.29 is 4.74 Å². The smallest absolute Gasteiger partial charge is 0.0699 e. The van der Waals surface area contributed by atoms with E-state index in [4.69, 9.17) is 10.5 Å². The fourth-order valence-electron chi connectivity index (χ4n) is 1.79. The van der Waals surface area contributed by atoms with Crippen LogP contribution in [-0.4, -0.2) is 43.3 Å². The van der Waals surface area contributed by atoms with Gasteiger partial charge in [0.1, 0.15) is 0 Å². The predicted octanol–water partition coefficient (Wildman–Crippen LogP) is 0.834. The summed E-state index contributed by atoms with van der Waals surface area (Å²) in [5.74, 6) is 0. The van der Waals surface area contributed by atoms with E-state index in [9.17, 15) is 0 Å². The molecular weight excluding hydrogens is 164 g/mol. The third-order valence-corrected chi connectivity index (χ3v) is 2.44. The van der Waals surface area contributed by atoms with Gasteiger partial charge in [0.05, 0.1) is 6.10 Å². The largest absolute Gasteiger partial charge is 0.377 e. The summed E-state index contributed by atoms with van der Waals surface area (Å²) in [5, 5.41) is 0. The Morgan fingerprint density at radius 2 is 2.38 bits per heavy atom. The first-order valence-corrected chi connectivity index (χ1v) is 5.32. The Hall–Kier alpha value is -0.120. The maximum Gasteiger partial charge on any atom is 0.0699 e. The van der Waals surface area contributed by atoms with Crippen LogP contribution in [0.25, 0.3) is 0 Å².